The molecule has 0 aliphatic rings. The summed E-state index contributed by atoms with van der Waals surface area (Å²) in [5.74, 6) is 1.68. The molecule has 3 aromatic rings. The van der Waals surface area contributed by atoms with E-state index in [4.69, 9.17) is 4.74 Å². The van der Waals surface area contributed by atoms with E-state index in [2.05, 4.69) is 37.3 Å². The van der Waals surface area contributed by atoms with Crippen LogP contribution in [0.5, 0.6) is 5.75 Å². The molecule has 3 rings (SSSR count). The number of rotatable bonds is 9. The number of alkyl halides is 3. The van der Waals surface area contributed by atoms with Gasteiger partial charge in [-0.05, 0) is 30.2 Å². The van der Waals surface area contributed by atoms with Crippen LogP contribution in [-0.4, -0.2) is 34.8 Å². The van der Waals surface area contributed by atoms with E-state index < -0.39 is 12.8 Å². The van der Waals surface area contributed by atoms with Gasteiger partial charge < -0.3 is 19.9 Å². The molecule has 2 aromatic carbocycles. The summed E-state index contributed by atoms with van der Waals surface area (Å²) in [6.45, 7) is 2.95. The van der Waals surface area contributed by atoms with E-state index in [1.807, 2.05) is 31.3 Å². The van der Waals surface area contributed by atoms with Crippen LogP contribution in [0.4, 0.5) is 13.2 Å². The number of halogens is 3. The molecule has 0 saturated carbocycles. The van der Waals surface area contributed by atoms with Gasteiger partial charge >= 0.3 is 6.18 Å². The number of nitrogens with one attached hydrogen (secondary N) is 2. The van der Waals surface area contributed by atoms with E-state index in [-0.39, 0.29) is 5.75 Å². The third-order valence-corrected chi connectivity index (χ3v) is 4.50. The molecule has 0 amide bonds. The van der Waals surface area contributed by atoms with E-state index >= 15 is 0 Å². The Morgan fingerprint density at radius 2 is 1.78 bits per heavy atom. The van der Waals surface area contributed by atoms with E-state index in [1.165, 1.54) is 17.7 Å². The molecule has 0 radical (unpaired) electrons. The Kier molecular flexibility index (Phi) is 8.13. The zero-order valence-electron chi connectivity index (χ0n) is 17.8. The van der Waals surface area contributed by atoms with Crippen LogP contribution in [-0.2, 0) is 19.6 Å². The Morgan fingerprint density at radius 3 is 2.47 bits per heavy atom. The highest BCUT2D eigenvalue weighted by atomic mass is 19.4. The van der Waals surface area contributed by atoms with Crippen LogP contribution >= 0.6 is 0 Å². The van der Waals surface area contributed by atoms with E-state index in [1.54, 1.807) is 18.3 Å². The minimum Gasteiger partial charge on any atom is -0.484 e. The highest BCUT2D eigenvalue weighted by Gasteiger charge is 2.28. The van der Waals surface area contributed by atoms with Crippen LogP contribution in [0.2, 0.25) is 0 Å². The molecule has 0 spiro atoms. The number of aromatic nitrogens is 2. The molecule has 0 unspecified atom stereocenters. The van der Waals surface area contributed by atoms with Crippen molar-refractivity contribution in [1.29, 1.82) is 0 Å². The van der Waals surface area contributed by atoms with Crippen LogP contribution in [0.15, 0.2) is 72.0 Å². The lowest BCUT2D eigenvalue weighted by Gasteiger charge is -2.13. The van der Waals surface area contributed by atoms with Crippen molar-refractivity contribution in [3.8, 4) is 5.75 Å². The van der Waals surface area contributed by atoms with E-state index in [9.17, 15) is 13.2 Å². The average molecular weight is 445 g/mol. The lowest BCUT2D eigenvalue weighted by atomic mass is 10.2. The SMILES string of the molecule is CCNC(=NCc1ccc(OCC(F)(F)F)cc1)NCc1nccn1Cc1ccccc1. The number of benzene rings is 2. The maximum absolute atomic E-state index is 12.2. The van der Waals surface area contributed by atoms with Gasteiger partial charge in [0.05, 0.1) is 13.1 Å². The number of aliphatic imine (C=N–C) groups is 1. The van der Waals surface area contributed by atoms with Crippen molar-refractivity contribution in [2.45, 2.75) is 32.7 Å². The largest absolute Gasteiger partial charge is 0.484 e. The fraction of sp³-hybridized carbons (Fsp3) is 0.304. The minimum atomic E-state index is -4.36. The quantitative estimate of drug-likeness (QED) is 0.384. The molecule has 170 valence electrons. The summed E-state index contributed by atoms with van der Waals surface area (Å²) < 4.78 is 43.5. The molecular formula is C23H26F3N5O. The highest BCUT2D eigenvalue weighted by Crippen LogP contribution is 2.19. The van der Waals surface area contributed by atoms with Crippen molar-refractivity contribution in [3.05, 3.63) is 83.9 Å². The van der Waals surface area contributed by atoms with Gasteiger partial charge in [0.25, 0.3) is 0 Å². The summed E-state index contributed by atoms with van der Waals surface area (Å²) >= 11 is 0. The lowest BCUT2D eigenvalue weighted by molar-refractivity contribution is -0.153. The number of nitrogens with zero attached hydrogens (tertiary/aromatic N) is 3. The standard InChI is InChI=1S/C23H26F3N5O/c1-2-27-22(29-14-18-8-10-20(11-9-18)32-17-23(24,25)26)30-15-21-28-12-13-31(21)16-19-6-4-3-5-7-19/h3-13H,2,14-17H2,1H3,(H2,27,29,30). The molecule has 0 atom stereocenters. The fourth-order valence-electron chi connectivity index (χ4n) is 2.96. The van der Waals surface area contributed by atoms with Crippen LogP contribution < -0.4 is 15.4 Å². The maximum Gasteiger partial charge on any atom is 0.422 e. The molecule has 2 N–H and O–H groups in total. The molecule has 9 heteroatoms. The predicted octanol–water partition coefficient (Wildman–Crippen LogP) is 4.13. The first-order valence-corrected chi connectivity index (χ1v) is 10.3. The Hall–Kier alpha value is -3.49. The van der Waals surface area contributed by atoms with Gasteiger partial charge in [-0.2, -0.15) is 13.2 Å². The molecule has 0 aliphatic carbocycles. The summed E-state index contributed by atoms with van der Waals surface area (Å²) in [6, 6.07) is 16.6. The number of hydrogen-bond acceptors (Lipinski definition) is 3. The van der Waals surface area contributed by atoms with Crippen molar-refractivity contribution in [2.75, 3.05) is 13.2 Å². The van der Waals surface area contributed by atoms with Gasteiger partial charge in [-0.25, -0.2) is 9.98 Å². The number of hydrogen-bond donors (Lipinski definition) is 2. The molecule has 0 saturated heterocycles. The second kappa shape index (κ2) is 11.2. The molecule has 0 bridgehead atoms. The third kappa shape index (κ3) is 7.64. The zero-order chi connectivity index (χ0) is 22.8. The van der Waals surface area contributed by atoms with Gasteiger partial charge in [0.2, 0.25) is 0 Å². The first-order chi connectivity index (χ1) is 15.4. The van der Waals surface area contributed by atoms with Gasteiger partial charge in [0, 0.05) is 25.5 Å². The Morgan fingerprint density at radius 1 is 1.03 bits per heavy atom. The monoisotopic (exact) mass is 445 g/mol. The van der Waals surface area contributed by atoms with Crippen LogP contribution in [0.3, 0.4) is 0 Å². The third-order valence-electron chi connectivity index (χ3n) is 4.50. The number of guanidine groups is 1. The second-order valence-electron chi connectivity index (χ2n) is 7.05. The van der Waals surface area contributed by atoms with Crippen molar-refractivity contribution in [1.82, 2.24) is 20.2 Å². The summed E-state index contributed by atoms with van der Waals surface area (Å²) in [5.41, 5.74) is 2.04. The summed E-state index contributed by atoms with van der Waals surface area (Å²) in [6.07, 6.45) is -0.645. The molecule has 0 aliphatic heterocycles. The predicted molar refractivity (Wildman–Crippen MR) is 117 cm³/mol. The molecule has 0 fully saturated rings. The van der Waals surface area contributed by atoms with Gasteiger partial charge in [-0.3, -0.25) is 0 Å². The van der Waals surface area contributed by atoms with Gasteiger partial charge in [-0.1, -0.05) is 42.5 Å². The molecule has 1 heterocycles. The van der Waals surface area contributed by atoms with E-state index in [0.717, 1.165) is 17.9 Å². The maximum atomic E-state index is 12.2. The molecular weight excluding hydrogens is 419 g/mol. The van der Waals surface area contributed by atoms with Crippen molar-refractivity contribution < 1.29 is 17.9 Å². The first kappa shape index (κ1) is 23.2. The normalized spacial score (nSPS) is 11.9. The summed E-state index contributed by atoms with van der Waals surface area (Å²) in [5, 5.41) is 6.46. The van der Waals surface area contributed by atoms with Gasteiger partial charge in [0.1, 0.15) is 11.6 Å². The van der Waals surface area contributed by atoms with Crippen molar-refractivity contribution in [3.63, 3.8) is 0 Å². The highest BCUT2D eigenvalue weighted by molar-refractivity contribution is 5.79. The van der Waals surface area contributed by atoms with E-state index in [0.29, 0.717) is 25.6 Å². The lowest BCUT2D eigenvalue weighted by Crippen LogP contribution is -2.37. The topological polar surface area (TPSA) is 63.5 Å². The molecule has 1 aromatic heterocycles. The van der Waals surface area contributed by atoms with Crippen molar-refractivity contribution >= 4 is 5.96 Å². The van der Waals surface area contributed by atoms with Crippen LogP contribution in [0, 0.1) is 0 Å². The van der Waals surface area contributed by atoms with Crippen LogP contribution in [0.25, 0.3) is 0 Å². The van der Waals surface area contributed by atoms with Gasteiger partial charge in [0.15, 0.2) is 12.6 Å². The number of ether oxygens (including phenoxy) is 1. The average Bonchev–Trinajstić information content (AvgIpc) is 3.22. The minimum absolute atomic E-state index is 0.172. The fourth-order valence-corrected chi connectivity index (χ4v) is 2.96. The van der Waals surface area contributed by atoms with Gasteiger partial charge in [-0.15, -0.1) is 0 Å². The van der Waals surface area contributed by atoms with Crippen LogP contribution in [0.1, 0.15) is 23.9 Å². The Balaban J connectivity index is 1.56. The zero-order valence-corrected chi connectivity index (χ0v) is 17.8. The number of imidazole rings is 1. The second-order valence-corrected chi connectivity index (χ2v) is 7.05. The Labute approximate surface area is 185 Å². The van der Waals surface area contributed by atoms with Crippen molar-refractivity contribution in [2.24, 2.45) is 4.99 Å². The Bertz CT molecular complexity index is 985. The smallest absolute Gasteiger partial charge is 0.422 e. The summed E-state index contributed by atoms with van der Waals surface area (Å²) in [7, 11) is 0. The molecule has 6 nitrogen and oxygen atoms in total. The summed E-state index contributed by atoms with van der Waals surface area (Å²) in [4.78, 5) is 8.98. The molecule has 32 heavy (non-hydrogen) atoms. The first-order valence-electron chi connectivity index (χ1n) is 10.3.